The Kier molecular flexibility index (Phi) is 7.87. The molecule has 2 aromatic carbocycles. The molecule has 1 fully saturated rings. The second kappa shape index (κ2) is 11.0. The molecule has 3 aliphatic carbocycles. The quantitative estimate of drug-likeness (QED) is 0.161. The molecule has 2 aromatic rings. The average molecular weight is 647 g/mol. The molecule has 6 N–H and O–H groups in total. The average Bonchev–Trinajstić information content (AvgIpc) is 2.92. The van der Waals surface area contributed by atoms with Crippen molar-refractivity contribution < 1.29 is 44.3 Å². The molecule has 0 bridgehead atoms. The van der Waals surface area contributed by atoms with Gasteiger partial charge in [0, 0.05) is 28.5 Å². The number of urea groups is 1. The fourth-order valence-electron chi connectivity index (χ4n) is 7.60. The van der Waals surface area contributed by atoms with E-state index in [2.05, 4.69) is 10.6 Å². The number of carbonyl (C=O) groups excluding carboxylic acids is 4. The molecule has 0 unspecified atom stereocenters. The predicted octanol–water partition coefficient (Wildman–Crippen LogP) is 6.25. The van der Waals surface area contributed by atoms with Gasteiger partial charge in [-0.05, 0) is 87.9 Å². The Morgan fingerprint density at radius 2 is 1.60 bits per heavy atom. The van der Waals surface area contributed by atoms with E-state index in [0.29, 0.717) is 22.6 Å². The lowest BCUT2D eigenvalue weighted by molar-refractivity contribution is -0.164. The summed E-state index contributed by atoms with van der Waals surface area (Å²) in [5.41, 5.74) is -4.94. The largest absolute Gasteiger partial charge is 0.508 e. The van der Waals surface area contributed by atoms with Crippen LogP contribution in [0.5, 0.6) is 11.5 Å². The Morgan fingerprint density at radius 3 is 2.15 bits per heavy atom. The molecule has 0 radical (unpaired) electrons. The highest BCUT2D eigenvalue weighted by atomic mass is 16.5. The molecule has 3 atom stereocenters. The lowest BCUT2D eigenvalue weighted by Crippen LogP contribution is -2.65. The van der Waals surface area contributed by atoms with Gasteiger partial charge >= 0.3 is 6.03 Å². The molecule has 2 amide bonds. The number of rotatable bonds is 5. The number of benzene rings is 2. The van der Waals surface area contributed by atoms with E-state index in [1.807, 2.05) is 34.6 Å². The van der Waals surface area contributed by atoms with Crippen LogP contribution in [-0.4, -0.2) is 55.0 Å². The van der Waals surface area contributed by atoms with Crippen molar-refractivity contribution >= 4 is 40.5 Å². The summed E-state index contributed by atoms with van der Waals surface area (Å²) in [7, 11) is 0. The molecule has 0 spiro atoms. The maximum Gasteiger partial charge on any atom is 0.323 e. The zero-order valence-corrected chi connectivity index (χ0v) is 27.9. The third-order valence-corrected chi connectivity index (χ3v) is 9.46. The summed E-state index contributed by atoms with van der Waals surface area (Å²) in [5, 5.41) is 51.6. The SMILES string of the molecule is CC(=O)C1=C(O)[C@]2(O)C(=O)C3=C(O)c4c(O)c(NC(=O)Nc5ccc(OC(C)(C)C)cc5)cc(C(C)C)c4C[C@]3(C)C[C@]2(C)CC1=O. The molecule has 11 heteroatoms. The first-order chi connectivity index (χ1) is 21.6. The number of allylic oxidation sites excluding steroid dienone is 1. The lowest BCUT2D eigenvalue weighted by atomic mass is 9.47. The van der Waals surface area contributed by atoms with Crippen LogP contribution >= 0.6 is 0 Å². The number of Topliss-reactive ketones (excluding diaryl/α,β-unsaturated/α-hetero) is 3. The van der Waals surface area contributed by atoms with E-state index < -0.39 is 68.3 Å². The number of phenols is 1. The first-order valence-corrected chi connectivity index (χ1v) is 15.6. The summed E-state index contributed by atoms with van der Waals surface area (Å²) in [6.07, 6.45) is -0.215. The van der Waals surface area contributed by atoms with Gasteiger partial charge in [-0.1, -0.05) is 27.7 Å². The summed E-state index contributed by atoms with van der Waals surface area (Å²) < 4.78 is 5.82. The topological polar surface area (TPSA) is 182 Å². The molecule has 11 nitrogen and oxygen atoms in total. The van der Waals surface area contributed by atoms with Crippen LogP contribution in [0.1, 0.15) is 90.8 Å². The smallest absolute Gasteiger partial charge is 0.323 e. The Labute approximate surface area is 273 Å². The molecule has 1 saturated carbocycles. The fourth-order valence-corrected chi connectivity index (χ4v) is 7.60. The molecule has 250 valence electrons. The second-order valence-corrected chi connectivity index (χ2v) is 14.8. The first-order valence-electron chi connectivity index (χ1n) is 15.6. The number of ketones is 3. The maximum atomic E-state index is 14.3. The van der Waals surface area contributed by atoms with Crippen molar-refractivity contribution in [3.05, 3.63) is 63.9 Å². The summed E-state index contributed by atoms with van der Waals surface area (Å²) >= 11 is 0. The molecule has 3 aliphatic rings. The van der Waals surface area contributed by atoms with Gasteiger partial charge in [-0.15, -0.1) is 0 Å². The molecule has 0 aromatic heterocycles. The van der Waals surface area contributed by atoms with E-state index in [-0.39, 0.29) is 42.0 Å². The van der Waals surface area contributed by atoms with Crippen molar-refractivity contribution in [3.8, 4) is 11.5 Å². The number of carbonyl (C=O) groups is 4. The third-order valence-electron chi connectivity index (χ3n) is 9.46. The molecular weight excluding hydrogens is 604 g/mol. The van der Waals surface area contributed by atoms with Crippen molar-refractivity contribution in [2.75, 3.05) is 10.6 Å². The standard InChI is InChI=1S/C36H42N2O9/c1-17(2)21-13-23(38-32(45)37-19-9-11-20(12-10-19)47-33(4,5)6)28(41)26-22(21)14-34(7)16-35(8)15-24(40)25(18(3)39)30(43)36(35,46)31(44)27(34)29(26)42/h9-13,17,41-43,46H,14-16H2,1-8H3,(H2,37,38,45)/t34-,35+,36+/m1/s1. The number of phenolic OH excluding ortho intramolecular Hbond substituents is 1. The minimum atomic E-state index is -2.66. The number of hydrogen-bond donors (Lipinski definition) is 6. The third kappa shape index (κ3) is 5.36. The van der Waals surface area contributed by atoms with Gasteiger partial charge in [-0.25, -0.2) is 4.79 Å². The van der Waals surface area contributed by atoms with E-state index >= 15 is 0 Å². The van der Waals surface area contributed by atoms with Gasteiger partial charge in [0.1, 0.15) is 34.2 Å². The molecule has 5 rings (SSSR count). The number of aliphatic hydroxyl groups is 3. The van der Waals surface area contributed by atoms with Crippen LogP contribution in [0, 0.1) is 10.8 Å². The zero-order valence-electron chi connectivity index (χ0n) is 27.9. The molecule has 0 heterocycles. The van der Waals surface area contributed by atoms with E-state index in [4.69, 9.17) is 4.74 Å². The van der Waals surface area contributed by atoms with Crippen molar-refractivity contribution in [2.24, 2.45) is 10.8 Å². The number of ether oxygens (including phenoxy) is 1. The molecule has 47 heavy (non-hydrogen) atoms. The highest BCUT2D eigenvalue weighted by Gasteiger charge is 2.68. The van der Waals surface area contributed by atoms with Gasteiger partial charge < -0.3 is 35.8 Å². The highest BCUT2D eigenvalue weighted by molar-refractivity contribution is 6.23. The molecule has 0 saturated heterocycles. The number of anilines is 2. The van der Waals surface area contributed by atoms with Crippen LogP contribution in [0.3, 0.4) is 0 Å². The van der Waals surface area contributed by atoms with Crippen LogP contribution in [0.15, 0.2) is 47.2 Å². The van der Waals surface area contributed by atoms with Gasteiger partial charge in [0.05, 0.1) is 11.3 Å². The number of aliphatic hydroxyl groups excluding tert-OH is 2. The van der Waals surface area contributed by atoms with E-state index in [0.717, 1.165) is 6.92 Å². The van der Waals surface area contributed by atoms with Crippen molar-refractivity contribution in [1.82, 2.24) is 0 Å². The van der Waals surface area contributed by atoms with Gasteiger partial charge in [-0.2, -0.15) is 0 Å². The first kappa shape index (κ1) is 33.7. The van der Waals surface area contributed by atoms with Crippen molar-refractivity contribution in [3.63, 3.8) is 0 Å². The second-order valence-electron chi connectivity index (χ2n) is 14.8. The minimum Gasteiger partial charge on any atom is -0.508 e. The molecule has 0 aliphatic heterocycles. The number of amides is 2. The van der Waals surface area contributed by atoms with Gasteiger partial charge in [0.2, 0.25) is 5.78 Å². The number of nitrogens with one attached hydrogen (secondary N) is 2. The van der Waals surface area contributed by atoms with Crippen LogP contribution in [0.2, 0.25) is 0 Å². The summed E-state index contributed by atoms with van der Waals surface area (Å²) in [4.78, 5) is 52.6. The Balaban J connectivity index is 1.57. The summed E-state index contributed by atoms with van der Waals surface area (Å²) in [6, 6.07) is 7.70. The normalized spacial score (nSPS) is 25.7. The van der Waals surface area contributed by atoms with Crippen LogP contribution in [0.25, 0.3) is 5.76 Å². The van der Waals surface area contributed by atoms with E-state index in [1.165, 1.54) is 6.92 Å². The molecular formula is C36H42N2O9. The maximum absolute atomic E-state index is 14.3. The van der Waals surface area contributed by atoms with Crippen LogP contribution in [0.4, 0.5) is 16.2 Å². The van der Waals surface area contributed by atoms with Crippen molar-refractivity contribution in [2.45, 2.75) is 91.8 Å². The number of aromatic hydroxyl groups is 1. The monoisotopic (exact) mass is 646 g/mol. The lowest BCUT2D eigenvalue weighted by Gasteiger charge is -2.56. The summed E-state index contributed by atoms with van der Waals surface area (Å²) in [5.74, 6) is -4.17. The van der Waals surface area contributed by atoms with Crippen LogP contribution < -0.4 is 15.4 Å². The number of fused-ring (bicyclic) bond motifs is 3. The zero-order chi connectivity index (χ0) is 35.0. The van der Waals surface area contributed by atoms with Crippen molar-refractivity contribution in [1.29, 1.82) is 0 Å². The summed E-state index contributed by atoms with van der Waals surface area (Å²) in [6.45, 7) is 13.9. The fraction of sp³-hybridized carbons (Fsp3) is 0.444. The number of hydrogen-bond acceptors (Lipinski definition) is 9. The van der Waals surface area contributed by atoms with Gasteiger partial charge in [-0.3, -0.25) is 14.4 Å². The van der Waals surface area contributed by atoms with E-state index in [9.17, 15) is 39.6 Å². The van der Waals surface area contributed by atoms with Crippen LogP contribution in [-0.2, 0) is 20.8 Å². The Bertz CT molecular complexity index is 1800. The Morgan fingerprint density at radius 1 is 0.979 bits per heavy atom. The minimum absolute atomic E-state index is 0.00233. The van der Waals surface area contributed by atoms with E-state index in [1.54, 1.807) is 37.3 Å². The van der Waals surface area contributed by atoms with Gasteiger partial charge in [0.15, 0.2) is 17.2 Å². The highest BCUT2D eigenvalue weighted by Crippen LogP contribution is 2.63. The predicted molar refractivity (Wildman–Crippen MR) is 176 cm³/mol. The Hall–Kier alpha value is -4.64. The van der Waals surface area contributed by atoms with Gasteiger partial charge in [0.25, 0.3) is 0 Å².